The van der Waals surface area contributed by atoms with Crippen LogP contribution in [-0.2, 0) is 11.3 Å². The molecule has 0 unspecified atom stereocenters. The second-order valence-electron chi connectivity index (χ2n) is 10.3. The van der Waals surface area contributed by atoms with Crippen molar-refractivity contribution in [3.63, 3.8) is 0 Å². The van der Waals surface area contributed by atoms with Crippen molar-refractivity contribution < 1.29 is 23.8 Å². The van der Waals surface area contributed by atoms with Crippen molar-refractivity contribution in [2.24, 2.45) is 0 Å². The summed E-state index contributed by atoms with van der Waals surface area (Å²) in [5.74, 6) is 0.415. The number of rotatable bonds is 9. The number of aromatic nitrogens is 4. The first-order valence-electron chi connectivity index (χ1n) is 14.1. The second-order valence-corrected chi connectivity index (χ2v) is 10.3. The number of anilines is 4. The van der Waals surface area contributed by atoms with Gasteiger partial charge in [-0.05, 0) is 43.2 Å². The second kappa shape index (κ2) is 13.3. The fraction of sp³-hybridized carbons (Fsp3) is 0.333. The zero-order valence-electron chi connectivity index (χ0n) is 24.9. The van der Waals surface area contributed by atoms with E-state index in [1.165, 1.54) is 30.0 Å². The molecule has 1 aliphatic heterocycles. The van der Waals surface area contributed by atoms with Crippen molar-refractivity contribution in [2.75, 3.05) is 49.0 Å². The number of alkyl carbamates (subject to hydrolysis) is 1. The van der Waals surface area contributed by atoms with E-state index in [0.717, 1.165) is 11.3 Å². The lowest BCUT2D eigenvalue weighted by Gasteiger charge is -2.37. The minimum absolute atomic E-state index is 0.00387. The zero-order valence-corrected chi connectivity index (χ0v) is 24.9. The van der Waals surface area contributed by atoms with Crippen LogP contribution in [0.15, 0.2) is 42.6 Å². The van der Waals surface area contributed by atoms with Gasteiger partial charge in [0.1, 0.15) is 11.8 Å². The summed E-state index contributed by atoms with van der Waals surface area (Å²) in [5, 5.41) is 40.0. The van der Waals surface area contributed by atoms with Gasteiger partial charge in [-0.3, -0.25) is 0 Å². The van der Waals surface area contributed by atoms with E-state index in [9.17, 15) is 20.4 Å². The number of hydrogen-bond acceptors (Lipinski definition) is 12. The van der Waals surface area contributed by atoms with E-state index in [2.05, 4.69) is 36.5 Å². The lowest BCUT2D eigenvalue weighted by molar-refractivity contribution is 0.103. The smallest absolute Gasteiger partial charge is 0.407 e. The molecular weight excluding hydrogens is 583 g/mol. The molecule has 2 aromatic carbocycles. The number of amides is 1. The van der Waals surface area contributed by atoms with Crippen LogP contribution in [-0.4, -0.2) is 76.8 Å². The largest absolute Gasteiger partial charge is 0.497 e. The average Bonchev–Trinajstić information content (AvgIpc) is 3.48. The van der Waals surface area contributed by atoms with Gasteiger partial charge in [0.15, 0.2) is 23.0 Å². The molecule has 3 N–H and O–H groups in total. The molecule has 4 aromatic rings. The summed E-state index contributed by atoms with van der Waals surface area (Å²) >= 11 is 0. The summed E-state index contributed by atoms with van der Waals surface area (Å²) in [7, 11) is 2.83. The fourth-order valence-corrected chi connectivity index (χ4v) is 5.14. The van der Waals surface area contributed by atoms with Crippen LogP contribution in [0.1, 0.15) is 30.2 Å². The van der Waals surface area contributed by atoms with Crippen LogP contribution >= 0.6 is 0 Å². The maximum Gasteiger partial charge on any atom is 0.407 e. The molecule has 1 amide bonds. The number of benzene rings is 2. The van der Waals surface area contributed by atoms with E-state index in [1.54, 1.807) is 12.0 Å². The summed E-state index contributed by atoms with van der Waals surface area (Å²) in [6.45, 7) is 3.22. The molecule has 232 valence electrons. The average molecular weight is 615 g/mol. The summed E-state index contributed by atoms with van der Waals surface area (Å²) in [4.78, 5) is 24.2. The SMILES string of the molecule is CCN(Cc1ccc(OC)cc1)c1nc(Nc2cc(C#N)cc(N3CC[C@@H](NC(=O)OC)[C@H](O)C3)c2F)nn2c(C#N)cnc12. The molecule has 14 nitrogen and oxygen atoms in total. The number of fused-ring (bicyclic) bond motifs is 1. The number of aliphatic hydroxyl groups is 1. The number of aliphatic hydroxyl groups excluding tert-OH is 1. The lowest BCUT2D eigenvalue weighted by atomic mass is 10.0. The van der Waals surface area contributed by atoms with Gasteiger partial charge < -0.3 is 35.0 Å². The Bertz CT molecular complexity index is 1780. The third kappa shape index (κ3) is 6.48. The van der Waals surface area contributed by atoms with Crippen molar-refractivity contribution >= 4 is 34.9 Å². The molecule has 0 saturated carbocycles. The Morgan fingerprint density at radius 3 is 2.64 bits per heavy atom. The maximum absolute atomic E-state index is 16.1. The number of nitrogens with zero attached hydrogens (tertiary/aromatic N) is 8. The quantitative estimate of drug-likeness (QED) is 0.251. The van der Waals surface area contributed by atoms with Crippen LogP contribution in [0.25, 0.3) is 5.65 Å². The van der Waals surface area contributed by atoms with Crippen LogP contribution in [0.3, 0.4) is 0 Å². The van der Waals surface area contributed by atoms with Crippen molar-refractivity contribution in [3.05, 3.63) is 65.2 Å². The highest BCUT2D eigenvalue weighted by Crippen LogP contribution is 2.32. The summed E-state index contributed by atoms with van der Waals surface area (Å²) < 4.78 is 27.3. The highest BCUT2D eigenvalue weighted by atomic mass is 19.1. The Morgan fingerprint density at radius 2 is 2.00 bits per heavy atom. The minimum atomic E-state index is -1.01. The fourth-order valence-electron chi connectivity index (χ4n) is 5.14. The lowest BCUT2D eigenvalue weighted by Crippen LogP contribution is -2.54. The van der Waals surface area contributed by atoms with Gasteiger partial charge in [-0.1, -0.05) is 12.1 Å². The Hall–Kier alpha value is -5.67. The van der Waals surface area contributed by atoms with Gasteiger partial charge in [0.05, 0.1) is 55.6 Å². The zero-order chi connectivity index (χ0) is 32.1. The normalized spacial score (nSPS) is 16.0. The molecule has 0 spiro atoms. The Balaban J connectivity index is 1.49. The number of nitriles is 2. The molecule has 45 heavy (non-hydrogen) atoms. The first-order valence-corrected chi connectivity index (χ1v) is 14.1. The number of carbonyl (C=O) groups excluding carboxylic acids is 1. The van der Waals surface area contributed by atoms with Crippen molar-refractivity contribution in [1.29, 1.82) is 10.5 Å². The number of nitrogens with one attached hydrogen (secondary N) is 2. The number of hydrogen-bond donors (Lipinski definition) is 3. The summed E-state index contributed by atoms with van der Waals surface area (Å²) in [6.07, 6.45) is 0.0224. The Labute approximate surface area is 258 Å². The summed E-state index contributed by atoms with van der Waals surface area (Å²) in [6, 6.07) is 13.8. The highest BCUT2D eigenvalue weighted by Gasteiger charge is 2.31. The Kier molecular flexibility index (Phi) is 9.11. The van der Waals surface area contributed by atoms with E-state index < -0.39 is 24.1 Å². The first kappa shape index (κ1) is 30.8. The van der Waals surface area contributed by atoms with E-state index in [4.69, 9.17) is 4.74 Å². The molecule has 15 heteroatoms. The van der Waals surface area contributed by atoms with Gasteiger partial charge in [-0.2, -0.15) is 20.0 Å². The third-order valence-corrected chi connectivity index (χ3v) is 7.51. The van der Waals surface area contributed by atoms with Gasteiger partial charge in [-0.25, -0.2) is 14.2 Å². The summed E-state index contributed by atoms with van der Waals surface area (Å²) in [5.41, 5.74) is 1.65. The van der Waals surface area contributed by atoms with Crippen molar-refractivity contribution in [2.45, 2.75) is 32.0 Å². The highest BCUT2D eigenvalue weighted by molar-refractivity contribution is 5.71. The molecule has 5 rings (SSSR count). The standard InChI is InChI=1S/C30H31FN10O4/c1-4-39(16-18-5-7-21(44-2)8-6-18)28-27-34-15-20(14-33)41(27)38-29(37-28)35-23-11-19(13-32)12-24(26(23)31)40-10-9-22(25(42)17-40)36-30(43)45-3/h5-8,11-12,15,22,25,42H,4,9-10,16-17H2,1-3H3,(H,35,38)(H,36,43)/t22-,25-/m1/s1. The topological polar surface area (TPSA) is 177 Å². The van der Waals surface area contributed by atoms with Crippen LogP contribution in [0.4, 0.5) is 32.3 Å². The van der Waals surface area contributed by atoms with Gasteiger partial charge >= 0.3 is 6.09 Å². The van der Waals surface area contributed by atoms with E-state index in [-0.39, 0.29) is 35.1 Å². The van der Waals surface area contributed by atoms with Crippen LogP contribution < -0.4 is 25.2 Å². The van der Waals surface area contributed by atoms with Gasteiger partial charge in [-0.15, -0.1) is 5.10 Å². The Morgan fingerprint density at radius 1 is 1.22 bits per heavy atom. The number of halogens is 1. The molecule has 2 aromatic heterocycles. The predicted octanol–water partition coefficient (Wildman–Crippen LogP) is 3.08. The van der Waals surface area contributed by atoms with E-state index in [0.29, 0.717) is 37.5 Å². The molecule has 0 aliphatic carbocycles. The monoisotopic (exact) mass is 614 g/mol. The number of piperidine rings is 1. The number of imidazole rings is 1. The molecule has 2 atom stereocenters. The van der Waals surface area contributed by atoms with E-state index >= 15 is 4.39 Å². The van der Waals surface area contributed by atoms with E-state index in [1.807, 2.05) is 42.2 Å². The molecule has 1 fully saturated rings. The van der Waals surface area contributed by atoms with Crippen LogP contribution in [0.2, 0.25) is 0 Å². The minimum Gasteiger partial charge on any atom is -0.497 e. The van der Waals surface area contributed by atoms with Gasteiger partial charge in [0.25, 0.3) is 0 Å². The maximum atomic E-state index is 16.1. The number of carbonyl (C=O) groups is 1. The predicted molar refractivity (Wildman–Crippen MR) is 162 cm³/mol. The van der Waals surface area contributed by atoms with Gasteiger partial charge in [0.2, 0.25) is 5.95 Å². The number of ether oxygens (including phenoxy) is 2. The molecule has 3 heterocycles. The van der Waals surface area contributed by atoms with Crippen LogP contribution in [0.5, 0.6) is 5.75 Å². The molecule has 0 bridgehead atoms. The molecular formula is C30H31FN10O4. The number of methoxy groups -OCH3 is 2. The van der Waals surface area contributed by atoms with Gasteiger partial charge in [0, 0.05) is 26.2 Å². The molecule has 1 aliphatic rings. The first-order chi connectivity index (χ1) is 21.8. The molecule has 0 radical (unpaired) electrons. The van der Waals surface area contributed by atoms with Crippen molar-refractivity contribution in [3.8, 4) is 17.9 Å². The molecule has 1 saturated heterocycles. The van der Waals surface area contributed by atoms with Crippen LogP contribution in [0, 0.1) is 28.5 Å². The number of β-amino-alcohol motifs (C(OH)–C–C–N with tert-alkyl or cyclic N) is 1. The third-order valence-electron chi connectivity index (χ3n) is 7.51. The van der Waals surface area contributed by atoms with Crippen molar-refractivity contribution in [1.82, 2.24) is 24.9 Å².